The molecule has 1 fully saturated rings. The van der Waals surface area contributed by atoms with Gasteiger partial charge in [0.15, 0.2) is 0 Å². The van der Waals surface area contributed by atoms with Crippen molar-refractivity contribution in [3.63, 3.8) is 0 Å². The van der Waals surface area contributed by atoms with Gasteiger partial charge in [0.2, 0.25) is 11.8 Å². The van der Waals surface area contributed by atoms with Crippen molar-refractivity contribution in [3.8, 4) is 0 Å². The van der Waals surface area contributed by atoms with Crippen LogP contribution in [0.2, 0.25) is 5.02 Å². The maximum atomic E-state index is 11.5. The first-order valence-corrected chi connectivity index (χ1v) is 5.70. The number of piperidine rings is 1. The quantitative estimate of drug-likeness (QED) is 0.775. The molecule has 1 aromatic heterocycles. The lowest BCUT2D eigenvalue weighted by Gasteiger charge is -2.22. The summed E-state index contributed by atoms with van der Waals surface area (Å²) in [5, 5.41) is 5.93. The summed E-state index contributed by atoms with van der Waals surface area (Å²) in [6.45, 7) is 0.480. The minimum absolute atomic E-state index is 0.213. The summed E-state index contributed by atoms with van der Waals surface area (Å²) in [6.07, 6.45) is 4.09. The third-order valence-corrected chi connectivity index (χ3v) is 2.97. The van der Waals surface area contributed by atoms with E-state index in [1.165, 1.54) is 0 Å². The standard InChI is InChI=1S/C11H12ClN3O2/c12-8-6-13-4-3-7(8)5-14-9-1-2-10(16)15-11(9)17/h3-4,6,9,14H,1-2,5H2,(H,15,16,17). The van der Waals surface area contributed by atoms with E-state index in [0.29, 0.717) is 24.4 Å². The number of rotatable bonds is 3. The Morgan fingerprint density at radius 2 is 2.35 bits per heavy atom. The van der Waals surface area contributed by atoms with Crippen molar-refractivity contribution in [1.29, 1.82) is 0 Å². The molecule has 0 spiro atoms. The molecule has 0 aromatic carbocycles. The zero-order valence-corrected chi connectivity index (χ0v) is 9.83. The van der Waals surface area contributed by atoms with Crippen molar-refractivity contribution < 1.29 is 9.59 Å². The normalized spacial score (nSPS) is 20.2. The molecule has 0 aliphatic carbocycles. The van der Waals surface area contributed by atoms with Crippen molar-refractivity contribution in [2.45, 2.75) is 25.4 Å². The number of hydrogen-bond donors (Lipinski definition) is 2. The van der Waals surface area contributed by atoms with Crippen LogP contribution in [0.1, 0.15) is 18.4 Å². The monoisotopic (exact) mass is 253 g/mol. The van der Waals surface area contributed by atoms with Crippen LogP contribution in [0.3, 0.4) is 0 Å². The number of halogens is 1. The van der Waals surface area contributed by atoms with Crippen molar-refractivity contribution in [1.82, 2.24) is 15.6 Å². The fourth-order valence-electron chi connectivity index (χ4n) is 1.67. The zero-order valence-electron chi connectivity index (χ0n) is 9.07. The van der Waals surface area contributed by atoms with E-state index < -0.39 is 0 Å². The van der Waals surface area contributed by atoms with Crippen LogP contribution >= 0.6 is 11.6 Å². The van der Waals surface area contributed by atoms with Gasteiger partial charge >= 0.3 is 0 Å². The molecule has 6 heteroatoms. The van der Waals surface area contributed by atoms with Gasteiger partial charge in [-0.15, -0.1) is 0 Å². The Morgan fingerprint density at radius 1 is 1.53 bits per heavy atom. The average molecular weight is 254 g/mol. The van der Waals surface area contributed by atoms with Gasteiger partial charge in [-0.1, -0.05) is 11.6 Å². The largest absolute Gasteiger partial charge is 0.302 e. The van der Waals surface area contributed by atoms with Crippen molar-refractivity contribution >= 4 is 23.4 Å². The molecule has 2 amide bonds. The third-order valence-electron chi connectivity index (χ3n) is 2.63. The first-order valence-electron chi connectivity index (χ1n) is 5.32. The Hall–Kier alpha value is -1.46. The minimum Gasteiger partial charge on any atom is -0.302 e. The van der Waals surface area contributed by atoms with E-state index in [9.17, 15) is 9.59 Å². The van der Waals surface area contributed by atoms with E-state index in [1.54, 1.807) is 18.5 Å². The number of imide groups is 1. The Balaban J connectivity index is 1.92. The lowest BCUT2D eigenvalue weighted by Crippen LogP contribution is -2.50. The molecular formula is C11H12ClN3O2. The summed E-state index contributed by atoms with van der Waals surface area (Å²) < 4.78 is 0. The van der Waals surface area contributed by atoms with E-state index >= 15 is 0 Å². The van der Waals surface area contributed by atoms with Gasteiger partial charge in [0.1, 0.15) is 0 Å². The number of aromatic nitrogens is 1. The van der Waals surface area contributed by atoms with Gasteiger partial charge in [0.25, 0.3) is 0 Å². The van der Waals surface area contributed by atoms with Gasteiger partial charge in [-0.3, -0.25) is 19.9 Å². The second kappa shape index (κ2) is 5.25. The summed E-state index contributed by atoms with van der Waals surface area (Å²) in [5.74, 6) is -0.485. The zero-order chi connectivity index (χ0) is 12.3. The molecule has 1 saturated heterocycles. The number of pyridine rings is 1. The molecule has 0 radical (unpaired) electrons. The highest BCUT2D eigenvalue weighted by atomic mass is 35.5. The van der Waals surface area contributed by atoms with Gasteiger partial charge < -0.3 is 5.32 Å². The summed E-state index contributed by atoms with van der Waals surface area (Å²) >= 11 is 5.94. The van der Waals surface area contributed by atoms with Crippen LogP contribution in [0.15, 0.2) is 18.5 Å². The fourth-order valence-corrected chi connectivity index (χ4v) is 1.85. The Morgan fingerprint density at radius 3 is 3.06 bits per heavy atom. The maximum Gasteiger partial charge on any atom is 0.243 e. The van der Waals surface area contributed by atoms with Crippen LogP contribution in [0.5, 0.6) is 0 Å². The number of carbonyl (C=O) groups is 2. The molecule has 2 heterocycles. The fraction of sp³-hybridized carbons (Fsp3) is 0.364. The molecular weight excluding hydrogens is 242 g/mol. The van der Waals surface area contributed by atoms with E-state index in [0.717, 1.165) is 5.56 Å². The molecule has 1 aliphatic rings. The smallest absolute Gasteiger partial charge is 0.243 e. The lowest BCUT2D eigenvalue weighted by molar-refractivity contribution is -0.134. The van der Waals surface area contributed by atoms with Crippen molar-refractivity contribution in [3.05, 3.63) is 29.0 Å². The number of hydrogen-bond acceptors (Lipinski definition) is 4. The number of carbonyl (C=O) groups excluding carboxylic acids is 2. The topological polar surface area (TPSA) is 71.1 Å². The van der Waals surface area contributed by atoms with E-state index in [1.807, 2.05) is 0 Å². The van der Waals surface area contributed by atoms with Crippen LogP contribution in [0.4, 0.5) is 0 Å². The van der Waals surface area contributed by atoms with Gasteiger partial charge in [-0.2, -0.15) is 0 Å². The summed E-state index contributed by atoms with van der Waals surface area (Å²) in [5.41, 5.74) is 0.881. The molecule has 5 nitrogen and oxygen atoms in total. The van der Waals surface area contributed by atoms with E-state index in [2.05, 4.69) is 15.6 Å². The Bertz CT molecular complexity index is 450. The summed E-state index contributed by atoms with van der Waals surface area (Å²) in [6, 6.07) is 1.46. The first-order chi connectivity index (χ1) is 8.16. The van der Waals surface area contributed by atoms with Crippen LogP contribution < -0.4 is 10.6 Å². The minimum atomic E-state index is -0.336. The van der Waals surface area contributed by atoms with E-state index in [4.69, 9.17) is 11.6 Å². The SMILES string of the molecule is O=C1CCC(NCc2ccncc2Cl)C(=O)N1. The number of amides is 2. The van der Waals surface area contributed by atoms with Crippen LogP contribution in [-0.2, 0) is 16.1 Å². The van der Waals surface area contributed by atoms with Gasteiger partial charge in [-0.05, 0) is 18.1 Å². The van der Waals surface area contributed by atoms with Crippen molar-refractivity contribution in [2.75, 3.05) is 0 Å². The molecule has 2 N–H and O–H groups in total. The first kappa shape index (κ1) is 12.0. The van der Waals surface area contributed by atoms with Crippen LogP contribution in [-0.4, -0.2) is 22.8 Å². The predicted molar refractivity (Wildman–Crippen MR) is 62.3 cm³/mol. The maximum absolute atomic E-state index is 11.5. The van der Waals surface area contributed by atoms with Gasteiger partial charge in [0.05, 0.1) is 11.1 Å². The Labute approximate surface area is 104 Å². The molecule has 17 heavy (non-hydrogen) atoms. The molecule has 2 rings (SSSR count). The summed E-state index contributed by atoms with van der Waals surface area (Å²) in [4.78, 5) is 26.3. The summed E-state index contributed by atoms with van der Waals surface area (Å²) in [7, 11) is 0. The molecule has 0 saturated carbocycles. The van der Waals surface area contributed by atoms with Crippen LogP contribution in [0, 0.1) is 0 Å². The molecule has 1 aromatic rings. The highest BCUT2D eigenvalue weighted by molar-refractivity contribution is 6.31. The van der Waals surface area contributed by atoms with Crippen molar-refractivity contribution in [2.24, 2.45) is 0 Å². The molecule has 1 aliphatic heterocycles. The second-order valence-electron chi connectivity index (χ2n) is 3.85. The lowest BCUT2D eigenvalue weighted by atomic mass is 10.1. The average Bonchev–Trinajstić information content (AvgIpc) is 2.30. The number of nitrogens with zero attached hydrogens (tertiary/aromatic N) is 1. The predicted octanol–water partition coefficient (Wildman–Crippen LogP) is 0.630. The second-order valence-corrected chi connectivity index (χ2v) is 4.26. The molecule has 90 valence electrons. The van der Waals surface area contributed by atoms with Gasteiger partial charge in [0, 0.05) is 25.4 Å². The highest BCUT2D eigenvalue weighted by Crippen LogP contribution is 2.14. The molecule has 0 bridgehead atoms. The van der Waals surface area contributed by atoms with Gasteiger partial charge in [-0.25, -0.2) is 0 Å². The van der Waals surface area contributed by atoms with Crippen LogP contribution in [0.25, 0.3) is 0 Å². The van der Waals surface area contributed by atoms with E-state index in [-0.39, 0.29) is 17.9 Å². The molecule has 1 unspecified atom stereocenters. The molecule has 1 atom stereocenters. The number of nitrogens with one attached hydrogen (secondary N) is 2. The third kappa shape index (κ3) is 3.01. The highest BCUT2D eigenvalue weighted by Gasteiger charge is 2.25. The Kier molecular flexibility index (Phi) is 3.71.